The molecule has 1 fully saturated rings. The predicted molar refractivity (Wildman–Crippen MR) is 76.8 cm³/mol. The van der Waals surface area contributed by atoms with Gasteiger partial charge in [0.25, 0.3) is 0 Å². The van der Waals surface area contributed by atoms with Gasteiger partial charge in [0.05, 0.1) is 13.2 Å². The van der Waals surface area contributed by atoms with E-state index in [9.17, 15) is 0 Å². The quantitative estimate of drug-likeness (QED) is 0.758. The summed E-state index contributed by atoms with van der Waals surface area (Å²) in [6, 6.07) is 1.88. The van der Waals surface area contributed by atoms with Crippen molar-refractivity contribution in [1.29, 1.82) is 0 Å². The van der Waals surface area contributed by atoms with E-state index in [0.717, 1.165) is 38.4 Å². The average Bonchev–Trinajstić information content (AvgIpc) is 2.48. The van der Waals surface area contributed by atoms with Crippen LogP contribution >= 0.6 is 0 Å². The Kier molecular flexibility index (Phi) is 5.33. The van der Waals surface area contributed by atoms with Crippen molar-refractivity contribution in [3.8, 4) is 18.2 Å². The number of terminal acetylenes is 1. The first kappa shape index (κ1) is 14.8. The molecule has 0 radical (unpaired) electrons. The number of nitrogens with zero attached hydrogens (tertiary/aromatic N) is 3. The first-order valence-electron chi connectivity index (χ1n) is 6.98. The SMILES string of the molecule is C#Cc1cc(C(C)C)c(OCCN2CCOCC2)nn1. The van der Waals surface area contributed by atoms with Gasteiger partial charge in [0.2, 0.25) is 5.88 Å². The number of aromatic nitrogens is 2. The third kappa shape index (κ3) is 3.92. The summed E-state index contributed by atoms with van der Waals surface area (Å²) in [6.07, 6.45) is 5.35. The second kappa shape index (κ2) is 7.22. The van der Waals surface area contributed by atoms with Gasteiger partial charge in [-0.2, -0.15) is 0 Å². The first-order valence-corrected chi connectivity index (χ1v) is 6.98. The summed E-state index contributed by atoms with van der Waals surface area (Å²) >= 11 is 0. The molecule has 0 atom stereocenters. The standard InChI is InChI=1S/C15H21N3O2/c1-4-13-11-14(12(2)3)15(17-16-13)20-10-7-18-5-8-19-9-6-18/h1,11-12H,5-10H2,2-3H3. The molecule has 108 valence electrons. The molecule has 1 aromatic rings. The highest BCUT2D eigenvalue weighted by Crippen LogP contribution is 2.23. The van der Waals surface area contributed by atoms with E-state index in [4.69, 9.17) is 15.9 Å². The summed E-state index contributed by atoms with van der Waals surface area (Å²) in [7, 11) is 0. The molecule has 0 bridgehead atoms. The molecule has 1 saturated heterocycles. The molecule has 5 heteroatoms. The van der Waals surface area contributed by atoms with Gasteiger partial charge < -0.3 is 9.47 Å². The first-order chi connectivity index (χ1) is 9.70. The second-order valence-corrected chi connectivity index (χ2v) is 5.09. The van der Waals surface area contributed by atoms with Crippen molar-refractivity contribution in [3.63, 3.8) is 0 Å². The van der Waals surface area contributed by atoms with Crippen LogP contribution in [0.2, 0.25) is 0 Å². The summed E-state index contributed by atoms with van der Waals surface area (Å²) in [5.74, 6) is 3.40. The van der Waals surface area contributed by atoms with Crippen molar-refractivity contribution in [2.45, 2.75) is 19.8 Å². The molecule has 0 aliphatic carbocycles. The van der Waals surface area contributed by atoms with E-state index < -0.39 is 0 Å². The Morgan fingerprint density at radius 3 is 2.80 bits per heavy atom. The Morgan fingerprint density at radius 2 is 2.15 bits per heavy atom. The van der Waals surface area contributed by atoms with E-state index in [0.29, 0.717) is 24.1 Å². The highest BCUT2D eigenvalue weighted by atomic mass is 16.5. The van der Waals surface area contributed by atoms with Crippen molar-refractivity contribution in [3.05, 3.63) is 17.3 Å². The van der Waals surface area contributed by atoms with E-state index >= 15 is 0 Å². The van der Waals surface area contributed by atoms with E-state index in [1.165, 1.54) is 0 Å². The molecule has 1 aliphatic rings. The molecule has 0 unspecified atom stereocenters. The van der Waals surface area contributed by atoms with Gasteiger partial charge >= 0.3 is 0 Å². The highest BCUT2D eigenvalue weighted by molar-refractivity contribution is 5.35. The topological polar surface area (TPSA) is 47.5 Å². The molecule has 0 saturated carbocycles. The van der Waals surface area contributed by atoms with Gasteiger partial charge in [-0.1, -0.05) is 13.8 Å². The van der Waals surface area contributed by atoms with E-state index in [1.807, 2.05) is 6.07 Å². The highest BCUT2D eigenvalue weighted by Gasteiger charge is 2.13. The molecule has 5 nitrogen and oxygen atoms in total. The largest absolute Gasteiger partial charge is 0.475 e. The number of ether oxygens (including phenoxy) is 2. The van der Waals surface area contributed by atoms with E-state index in [1.54, 1.807) is 0 Å². The monoisotopic (exact) mass is 275 g/mol. The Bertz CT molecular complexity index is 476. The number of morpholine rings is 1. The summed E-state index contributed by atoms with van der Waals surface area (Å²) in [5.41, 5.74) is 1.56. The maximum atomic E-state index is 5.78. The van der Waals surface area contributed by atoms with Gasteiger partial charge in [0, 0.05) is 25.2 Å². The molecule has 0 spiro atoms. The average molecular weight is 275 g/mol. The predicted octanol–water partition coefficient (Wildman–Crippen LogP) is 1.29. The molecule has 1 aromatic heterocycles. The fraction of sp³-hybridized carbons (Fsp3) is 0.600. The molecule has 2 heterocycles. The summed E-state index contributed by atoms with van der Waals surface area (Å²) < 4.78 is 11.1. The van der Waals surface area contributed by atoms with Crippen molar-refractivity contribution >= 4 is 0 Å². The minimum atomic E-state index is 0.302. The Hall–Kier alpha value is -1.64. The zero-order chi connectivity index (χ0) is 14.4. The van der Waals surface area contributed by atoms with E-state index in [-0.39, 0.29) is 0 Å². The van der Waals surface area contributed by atoms with Crippen LogP contribution in [0.5, 0.6) is 5.88 Å². The summed E-state index contributed by atoms with van der Waals surface area (Å²) in [6.45, 7) is 9.17. The summed E-state index contributed by atoms with van der Waals surface area (Å²) in [5, 5.41) is 8.06. The van der Waals surface area contributed by atoms with Crippen molar-refractivity contribution in [1.82, 2.24) is 15.1 Å². The lowest BCUT2D eigenvalue weighted by molar-refractivity contribution is 0.0318. The zero-order valence-corrected chi connectivity index (χ0v) is 12.1. The minimum absolute atomic E-state index is 0.302. The van der Waals surface area contributed by atoms with Gasteiger partial charge in [-0.25, -0.2) is 0 Å². The fourth-order valence-electron chi connectivity index (χ4n) is 2.09. The Morgan fingerprint density at radius 1 is 1.40 bits per heavy atom. The van der Waals surface area contributed by atoms with Crippen LogP contribution in [0, 0.1) is 12.3 Å². The maximum absolute atomic E-state index is 5.78. The second-order valence-electron chi connectivity index (χ2n) is 5.09. The van der Waals surface area contributed by atoms with Crippen LogP contribution < -0.4 is 4.74 Å². The lowest BCUT2D eigenvalue weighted by atomic mass is 10.0. The van der Waals surface area contributed by atoms with Gasteiger partial charge in [0.1, 0.15) is 12.3 Å². The van der Waals surface area contributed by atoms with Gasteiger partial charge in [0.15, 0.2) is 0 Å². The van der Waals surface area contributed by atoms with Crippen LogP contribution in [0.25, 0.3) is 0 Å². The van der Waals surface area contributed by atoms with Crippen LogP contribution in [0.3, 0.4) is 0 Å². The van der Waals surface area contributed by atoms with Crippen molar-refractivity contribution in [2.75, 3.05) is 39.5 Å². The molecule has 20 heavy (non-hydrogen) atoms. The molecule has 0 amide bonds. The van der Waals surface area contributed by atoms with Crippen molar-refractivity contribution < 1.29 is 9.47 Å². The minimum Gasteiger partial charge on any atom is -0.475 e. The van der Waals surface area contributed by atoms with Crippen LogP contribution in [0.15, 0.2) is 6.07 Å². The fourth-order valence-corrected chi connectivity index (χ4v) is 2.09. The maximum Gasteiger partial charge on any atom is 0.237 e. The van der Waals surface area contributed by atoms with Crippen LogP contribution in [0.4, 0.5) is 0 Å². The van der Waals surface area contributed by atoms with Gasteiger partial charge in [-0.15, -0.1) is 16.6 Å². The molecular formula is C15H21N3O2. The third-order valence-corrected chi connectivity index (χ3v) is 3.31. The van der Waals surface area contributed by atoms with Crippen LogP contribution in [-0.2, 0) is 4.74 Å². The Labute approximate surface area is 120 Å². The number of rotatable bonds is 5. The lowest BCUT2D eigenvalue weighted by Gasteiger charge is -2.26. The van der Waals surface area contributed by atoms with Crippen molar-refractivity contribution in [2.24, 2.45) is 0 Å². The molecule has 0 N–H and O–H groups in total. The molecule has 0 aromatic carbocycles. The number of hydrogen-bond acceptors (Lipinski definition) is 5. The molecule has 2 rings (SSSR count). The van der Waals surface area contributed by atoms with E-state index in [2.05, 4.69) is 34.9 Å². The third-order valence-electron chi connectivity index (χ3n) is 3.31. The van der Waals surface area contributed by atoms with Gasteiger partial charge in [-0.05, 0) is 17.9 Å². The van der Waals surface area contributed by atoms with Gasteiger partial charge in [-0.3, -0.25) is 4.90 Å². The smallest absolute Gasteiger partial charge is 0.237 e. The number of hydrogen-bond donors (Lipinski definition) is 0. The zero-order valence-electron chi connectivity index (χ0n) is 12.1. The Balaban J connectivity index is 1.93. The summed E-state index contributed by atoms with van der Waals surface area (Å²) in [4.78, 5) is 2.32. The molecule has 1 aliphatic heterocycles. The lowest BCUT2D eigenvalue weighted by Crippen LogP contribution is -2.38. The van der Waals surface area contributed by atoms with Crippen LogP contribution in [0.1, 0.15) is 31.0 Å². The molecular weight excluding hydrogens is 254 g/mol. The normalized spacial score (nSPS) is 16.1. The van der Waals surface area contributed by atoms with Crippen LogP contribution in [-0.4, -0.2) is 54.6 Å².